The van der Waals surface area contributed by atoms with Gasteiger partial charge in [0.25, 0.3) is 0 Å². The van der Waals surface area contributed by atoms with E-state index in [0.29, 0.717) is 13.2 Å². The number of hydrogen-bond donors (Lipinski definition) is 1. The summed E-state index contributed by atoms with van der Waals surface area (Å²) < 4.78 is 24.1. The molecule has 0 aliphatic heterocycles. The third-order valence-corrected chi connectivity index (χ3v) is 4.92. The molecule has 5 heteroatoms. The zero-order valence-electron chi connectivity index (χ0n) is 13.1. The molecular weight excluding hydrogens is 273 g/mol. The Kier molecular flexibility index (Phi) is 6.41. The second-order valence-electron chi connectivity index (χ2n) is 5.58. The lowest BCUT2D eigenvalue weighted by atomic mass is 10.1. The van der Waals surface area contributed by atoms with Crippen LogP contribution in [0, 0.1) is 0 Å². The zero-order chi connectivity index (χ0) is 15.2. The lowest BCUT2D eigenvalue weighted by Gasteiger charge is -2.33. The van der Waals surface area contributed by atoms with Gasteiger partial charge in [-0.3, -0.25) is 9.88 Å². The van der Waals surface area contributed by atoms with E-state index in [9.17, 15) is 4.57 Å². The van der Waals surface area contributed by atoms with Gasteiger partial charge in [-0.2, -0.15) is 0 Å². The zero-order valence-corrected chi connectivity index (χ0v) is 13.9. The van der Waals surface area contributed by atoms with E-state index in [4.69, 9.17) is 9.05 Å². The van der Waals surface area contributed by atoms with Gasteiger partial charge >= 0.3 is 7.60 Å². The fourth-order valence-electron chi connectivity index (χ4n) is 1.94. The Morgan fingerprint density at radius 1 is 1.10 bits per heavy atom. The lowest BCUT2D eigenvalue weighted by molar-refractivity contribution is 0.201. The van der Waals surface area contributed by atoms with Crippen LogP contribution in [0.3, 0.4) is 0 Å². The molecule has 1 atom stereocenters. The molecule has 0 aliphatic rings. The van der Waals surface area contributed by atoms with E-state index < -0.39 is 13.4 Å². The molecule has 1 unspecified atom stereocenters. The SMILES string of the molecule is CCOP(=O)(OCC)C(NC(C)(C)C)c1ccccc1. The maximum absolute atomic E-state index is 13.1. The first-order valence-corrected chi connectivity index (χ1v) is 8.65. The highest BCUT2D eigenvalue weighted by molar-refractivity contribution is 7.54. The summed E-state index contributed by atoms with van der Waals surface area (Å²) in [6.45, 7) is 10.5. The maximum Gasteiger partial charge on any atom is 0.351 e. The van der Waals surface area contributed by atoms with Gasteiger partial charge in [-0.25, -0.2) is 0 Å². The smallest absolute Gasteiger partial charge is 0.308 e. The number of hydrogen-bond acceptors (Lipinski definition) is 4. The van der Waals surface area contributed by atoms with Gasteiger partial charge in [0, 0.05) is 5.54 Å². The number of benzene rings is 1. The average molecular weight is 299 g/mol. The normalized spacial score (nSPS) is 14.2. The molecule has 114 valence electrons. The van der Waals surface area contributed by atoms with Gasteiger partial charge in [0.05, 0.1) is 13.2 Å². The average Bonchev–Trinajstić information content (AvgIpc) is 2.36. The van der Waals surface area contributed by atoms with Crippen LogP contribution in [-0.2, 0) is 13.6 Å². The van der Waals surface area contributed by atoms with Gasteiger partial charge in [0.1, 0.15) is 5.78 Å². The minimum Gasteiger partial charge on any atom is -0.308 e. The largest absolute Gasteiger partial charge is 0.351 e. The van der Waals surface area contributed by atoms with Crippen LogP contribution in [0.15, 0.2) is 30.3 Å². The molecule has 20 heavy (non-hydrogen) atoms. The van der Waals surface area contributed by atoms with Crippen molar-refractivity contribution in [2.45, 2.75) is 45.9 Å². The molecule has 0 amide bonds. The first kappa shape index (κ1) is 17.4. The Bertz CT molecular complexity index is 432. The van der Waals surface area contributed by atoms with E-state index >= 15 is 0 Å². The Morgan fingerprint density at radius 2 is 1.60 bits per heavy atom. The third-order valence-electron chi connectivity index (χ3n) is 2.62. The molecule has 0 saturated heterocycles. The highest BCUT2D eigenvalue weighted by Crippen LogP contribution is 2.60. The summed E-state index contributed by atoms with van der Waals surface area (Å²) in [7, 11) is -3.26. The topological polar surface area (TPSA) is 47.6 Å². The first-order chi connectivity index (χ1) is 9.32. The van der Waals surface area contributed by atoms with E-state index in [1.54, 1.807) is 0 Å². The van der Waals surface area contributed by atoms with Gasteiger partial charge < -0.3 is 9.05 Å². The summed E-state index contributed by atoms with van der Waals surface area (Å²) in [5.41, 5.74) is 0.706. The van der Waals surface area contributed by atoms with Gasteiger partial charge in [0.15, 0.2) is 0 Å². The third kappa shape index (κ3) is 5.02. The summed E-state index contributed by atoms with van der Waals surface area (Å²) in [6.07, 6.45) is 0. The van der Waals surface area contributed by atoms with E-state index in [2.05, 4.69) is 5.32 Å². The summed E-state index contributed by atoms with van der Waals surface area (Å²) >= 11 is 0. The molecule has 1 N–H and O–H groups in total. The highest BCUT2D eigenvalue weighted by atomic mass is 31.2. The van der Waals surface area contributed by atoms with Crippen LogP contribution in [0.5, 0.6) is 0 Å². The van der Waals surface area contributed by atoms with Crippen LogP contribution < -0.4 is 5.32 Å². The van der Waals surface area contributed by atoms with E-state index in [1.165, 1.54) is 0 Å². The summed E-state index contributed by atoms with van der Waals surface area (Å²) in [5.74, 6) is -0.469. The maximum atomic E-state index is 13.1. The van der Waals surface area contributed by atoms with Crippen LogP contribution in [0.4, 0.5) is 0 Å². The van der Waals surface area contributed by atoms with Crippen LogP contribution >= 0.6 is 7.60 Å². The van der Waals surface area contributed by atoms with E-state index in [0.717, 1.165) is 5.56 Å². The van der Waals surface area contributed by atoms with Crippen molar-refractivity contribution in [2.24, 2.45) is 0 Å². The van der Waals surface area contributed by atoms with Crippen molar-refractivity contribution >= 4 is 7.60 Å². The molecule has 4 nitrogen and oxygen atoms in total. The monoisotopic (exact) mass is 299 g/mol. The minimum atomic E-state index is -3.26. The van der Waals surface area contributed by atoms with E-state index in [1.807, 2.05) is 65.0 Å². The van der Waals surface area contributed by atoms with Gasteiger partial charge in [-0.05, 0) is 40.2 Å². The number of rotatable bonds is 7. The van der Waals surface area contributed by atoms with Crippen molar-refractivity contribution in [3.8, 4) is 0 Å². The van der Waals surface area contributed by atoms with Gasteiger partial charge in [0.2, 0.25) is 0 Å². The fraction of sp³-hybridized carbons (Fsp3) is 0.600. The lowest BCUT2D eigenvalue weighted by Crippen LogP contribution is -2.39. The second-order valence-corrected chi connectivity index (χ2v) is 7.70. The summed E-state index contributed by atoms with van der Waals surface area (Å²) in [6, 6.07) is 9.66. The van der Waals surface area contributed by atoms with Gasteiger partial charge in [-0.15, -0.1) is 0 Å². The predicted molar refractivity (Wildman–Crippen MR) is 82.9 cm³/mol. The summed E-state index contributed by atoms with van der Waals surface area (Å²) in [5, 5.41) is 3.37. The molecule has 0 bridgehead atoms. The molecule has 0 spiro atoms. The first-order valence-electron chi connectivity index (χ1n) is 7.04. The minimum absolute atomic E-state index is 0.204. The summed E-state index contributed by atoms with van der Waals surface area (Å²) in [4.78, 5) is 0. The highest BCUT2D eigenvalue weighted by Gasteiger charge is 2.38. The van der Waals surface area contributed by atoms with Crippen molar-refractivity contribution in [1.82, 2.24) is 5.32 Å². The van der Waals surface area contributed by atoms with E-state index in [-0.39, 0.29) is 5.54 Å². The van der Waals surface area contributed by atoms with Crippen molar-refractivity contribution in [2.75, 3.05) is 13.2 Å². The van der Waals surface area contributed by atoms with Gasteiger partial charge in [-0.1, -0.05) is 30.3 Å². The number of nitrogens with one attached hydrogen (secondary N) is 1. The Balaban J connectivity index is 3.18. The molecule has 0 aliphatic carbocycles. The molecule has 0 radical (unpaired) electrons. The van der Waals surface area contributed by atoms with Crippen LogP contribution in [-0.4, -0.2) is 18.8 Å². The molecule has 1 rings (SSSR count). The predicted octanol–water partition coefficient (Wildman–Crippen LogP) is 4.34. The second kappa shape index (κ2) is 7.37. The van der Waals surface area contributed by atoms with Crippen LogP contribution in [0.2, 0.25) is 0 Å². The van der Waals surface area contributed by atoms with Crippen molar-refractivity contribution < 1.29 is 13.6 Å². The molecule has 0 heterocycles. The standard InChI is InChI=1S/C15H26NO3P/c1-6-18-20(17,19-7-2)14(16-15(3,4)5)13-11-9-8-10-12-13/h8-12,14,16H,6-7H2,1-5H3. The fourth-order valence-corrected chi connectivity index (χ4v) is 4.11. The molecule has 0 saturated carbocycles. The quantitative estimate of drug-likeness (QED) is 0.761. The molecule has 1 aromatic carbocycles. The Morgan fingerprint density at radius 3 is 2.00 bits per heavy atom. The molecule has 1 aromatic rings. The molecule has 0 fully saturated rings. The van der Waals surface area contributed by atoms with Crippen LogP contribution in [0.25, 0.3) is 0 Å². The van der Waals surface area contributed by atoms with Crippen LogP contribution in [0.1, 0.15) is 46.0 Å². The van der Waals surface area contributed by atoms with Crippen molar-refractivity contribution in [1.29, 1.82) is 0 Å². The molecule has 0 aromatic heterocycles. The van der Waals surface area contributed by atoms with Crippen molar-refractivity contribution in [3.05, 3.63) is 35.9 Å². The molecular formula is C15H26NO3P. The van der Waals surface area contributed by atoms with Crippen molar-refractivity contribution in [3.63, 3.8) is 0 Å². The Labute approximate surface area is 122 Å². The Hall–Kier alpha value is -0.670.